The molecule has 0 aliphatic heterocycles. The smallest absolute Gasteiger partial charge is 0.169 e. The van der Waals surface area contributed by atoms with E-state index in [4.69, 9.17) is 0 Å². The summed E-state index contributed by atoms with van der Waals surface area (Å²) in [5, 5.41) is 0. The van der Waals surface area contributed by atoms with Crippen LogP contribution in [-0.2, 0) is 6.54 Å². The fourth-order valence-corrected chi connectivity index (χ4v) is 0.979. The molecule has 1 aromatic heterocycles. The molecule has 0 saturated heterocycles. The molecule has 0 radical (unpaired) electrons. The lowest BCUT2D eigenvalue weighted by molar-refractivity contribution is 0.111. The molecular weight excluding hydrogens is 152 g/mol. The van der Waals surface area contributed by atoms with Crippen LogP contribution < -0.4 is 0 Å². The highest BCUT2D eigenvalue weighted by molar-refractivity contribution is 5.70. The van der Waals surface area contributed by atoms with Gasteiger partial charge in [-0.05, 0) is 12.8 Å². The van der Waals surface area contributed by atoms with Crippen molar-refractivity contribution in [1.82, 2.24) is 9.55 Å². The molecule has 0 aromatic carbocycles. The standard InChI is InChI=1S/C9H12N2O/c1-2-3-4-5-11-6-9(7-12)10-8-11/h2,6-8H,1,3-5H2. The van der Waals surface area contributed by atoms with Gasteiger partial charge in [0.05, 0.1) is 6.33 Å². The zero-order chi connectivity index (χ0) is 8.81. The molecule has 0 spiro atoms. The molecule has 64 valence electrons. The number of hydrogen-bond acceptors (Lipinski definition) is 2. The fraction of sp³-hybridized carbons (Fsp3) is 0.333. The van der Waals surface area contributed by atoms with E-state index in [0.29, 0.717) is 5.69 Å². The number of unbranched alkanes of at least 4 members (excludes halogenated alkanes) is 1. The highest BCUT2D eigenvalue weighted by Gasteiger charge is 1.94. The number of aldehydes is 1. The normalized spacial score (nSPS) is 9.67. The van der Waals surface area contributed by atoms with Gasteiger partial charge in [-0.2, -0.15) is 0 Å². The molecule has 3 heteroatoms. The first-order chi connectivity index (χ1) is 5.86. The molecule has 0 atom stereocenters. The van der Waals surface area contributed by atoms with Crippen LogP contribution in [0.5, 0.6) is 0 Å². The summed E-state index contributed by atoms with van der Waals surface area (Å²) in [4.78, 5) is 14.1. The Kier molecular flexibility index (Phi) is 3.26. The van der Waals surface area contributed by atoms with Crippen molar-refractivity contribution in [2.24, 2.45) is 0 Å². The maximum Gasteiger partial charge on any atom is 0.169 e. The van der Waals surface area contributed by atoms with E-state index in [9.17, 15) is 4.79 Å². The van der Waals surface area contributed by atoms with Crippen LogP contribution in [0, 0.1) is 0 Å². The lowest BCUT2D eigenvalue weighted by atomic mass is 10.3. The summed E-state index contributed by atoms with van der Waals surface area (Å²) in [6.07, 6.45) is 8.09. The Morgan fingerprint density at radius 2 is 2.50 bits per heavy atom. The molecule has 1 aromatic rings. The summed E-state index contributed by atoms with van der Waals surface area (Å²) in [5.74, 6) is 0. The van der Waals surface area contributed by atoms with Crippen LogP contribution in [0.2, 0.25) is 0 Å². The van der Waals surface area contributed by atoms with Gasteiger partial charge in [0.15, 0.2) is 6.29 Å². The molecule has 3 nitrogen and oxygen atoms in total. The number of aromatic nitrogens is 2. The second kappa shape index (κ2) is 4.49. The fourth-order valence-electron chi connectivity index (χ4n) is 0.979. The highest BCUT2D eigenvalue weighted by Crippen LogP contribution is 1.97. The summed E-state index contributed by atoms with van der Waals surface area (Å²) in [7, 11) is 0. The Morgan fingerprint density at radius 1 is 1.67 bits per heavy atom. The Morgan fingerprint density at radius 3 is 3.08 bits per heavy atom. The van der Waals surface area contributed by atoms with Crippen molar-refractivity contribution in [2.45, 2.75) is 19.4 Å². The van der Waals surface area contributed by atoms with Gasteiger partial charge in [-0.3, -0.25) is 4.79 Å². The van der Waals surface area contributed by atoms with Crippen LogP contribution in [0.4, 0.5) is 0 Å². The molecule has 0 unspecified atom stereocenters. The van der Waals surface area contributed by atoms with Crippen molar-refractivity contribution in [1.29, 1.82) is 0 Å². The third-order valence-corrected chi connectivity index (χ3v) is 1.60. The van der Waals surface area contributed by atoms with Gasteiger partial charge in [0.25, 0.3) is 0 Å². The first kappa shape index (κ1) is 8.71. The summed E-state index contributed by atoms with van der Waals surface area (Å²) in [5.41, 5.74) is 0.494. The molecule has 1 rings (SSSR count). The van der Waals surface area contributed by atoms with Crippen LogP contribution in [-0.4, -0.2) is 15.8 Å². The number of hydrogen-bond donors (Lipinski definition) is 0. The van der Waals surface area contributed by atoms with Gasteiger partial charge in [0, 0.05) is 12.7 Å². The molecule has 0 fully saturated rings. The molecule has 0 N–H and O–H groups in total. The van der Waals surface area contributed by atoms with E-state index in [2.05, 4.69) is 11.6 Å². The molecular formula is C9H12N2O. The van der Waals surface area contributed by atoms with Crippen molar-refractivity contribution >= 4 is 6.29 Å². The van der Waals surface area contributed by atoms with E-state index in [1.165, 1.54) is 0 Å². The Bertz CT molecular complexity index is 265. The van der Waals surface area contributed by atoms with E-state index < -0.39 is 0 Å². The zero-order valence-corrected chi connectivity index (χ0v) is 6.94. The molecule has 12 heavy (non-hydrogen) atoms. The molecule has 0 amide bonds. The van der Waals surface area contributed by atoms with Gasteiger partial charge in [0.1, 0.15) is 5.69 Å². The first-order valence-electron chi connectivity index (χ1n) is 3.94. The maximum absolute atomic E-state index is 10.3. The minimum Gasteiger partial charge on any atom is -0.337 e. The van der Waals surface area contributed by atoms with Gasteiger partial charge < -0.3 is 4.57 Å². The lowest BCUT2D eigenvalue weighted by Gasteiger charge is -1.97. The quantitative estimate of drug-likeness (QED) is 0.377. The Balaban J connectivity index is 2.41. The monoisotopic (exact) mass is 164 g/mol. The van der Waals surface area contributed by atoms with Crippen LogP contribution in [0.15, 0.2) is 25.2 Å². The lowest BCUT2D eigenvalue weighted by Crippen LogP contribution is -1.93. The largest absolute Gasteiger partial charge is 0.337 e. The van der Waals surface area contributed by atoms with Crippen LogP contribution in [0.1, 0.15) is 23.3 Å². The molecule has 0 aliphatic rings. The average Bonchev–Trinajstić information content (AvgIpc) is 2.53. The third kappa shape index (κ3) is 2.34. The molecule has 0 aliphatic carbocycles. The van der Waals surface area contributed by atoms with Crippen molar-refractivity contribution in [3.8, 4) is 0 Å². The number of aryl methyl sites for hydroxylation is 1. The van der Waals surface area contributed by atoms with Crippen LogP contribution >= 0.6 is 0 Å². The first-order valence-corrected chi connectivity index (χ1v) is 3.94. The van der Waals surface area contributed by atoms with Crippen molar-refractivity contribution < 1.29 is 4.79 Å². The predicted octanol–water partition coefficient (Wildman–Crippen LogP) is 1.66. The van der Waals surface area contributed by atoms with Crippen molar-refractivity contribution in [3.05, 3.63) is 30.9 Å². The second-order valence-corrected chi connectivity index (χ2v) is 2.59. The van der Waals surface area contributed by atoms with E-state index in [1.54, 1.807) is 12.5 Å². The summed E-state index contributed by atoms with van der Waals surface area (Å²) in [6.45, 7) is 4.53. The summed E-state index contributed by atoms with van der Waals surface area (Å²) < 4.78 is 1.91. The average molecular weight is 164 g/mol. The van der Waals surface area contributed by atoms with Gasteiger partial charge in [-0.1, -0.05) is 6.08 Å². The Hall–Kier alpha value is -1.38. The number of nitrogens with zero attached hydrogens (tertiary/aromatic N) is 2. The van der Waals surface area contributed by atoms with Gasteiger partial charge >= 0.3 is 0 Å². The van der Waals surface area contributed by atoms with Crippen molar-refractivity contribution in [2.75, 3.05) is 0 Å². The minimum absolute atomic E-state index is 0.494. The summed E-state index contributed by atoms with van der Waals surface area (Å²) >= 11 is 0. The molecule has 0 bridgehead atoms. The number of imidazole rings is 1. The van der Waals surface area contributed by atoms with Crippen molar-refractivity contribution in [3.63, 3.8) is 0 Å². The highest BCUT2D eigenvalue weighted by atomic mass is 16.1. The van der Waals surface area contributed by atoms with E-state index in [-0.39, 0.29) is 0 Å². The van der Waals surface area contributed by atoms with E-state index in [0.717, 1.165) is 25.7 Å². The third-order valence-electron chi connectivity index (χ3n) is 1.60. The molecule has 1 heterocycles. The van der Waals surface area contributed by atoms with Gasteiger partial charge in [-0.15, -0.1) is 6.58 Å². The second-order valence-electron chi connectivity index (χ2n) is 2.59. The maximum atomic E-state index is 10.3. The van der Waals surface area contributed by atoms with Gasteiger partial charge in [-0.25, -0.2) is 4.98 Å². The number of carbonyl (C=O) groups excluding carboxylic acids is 1. The number of allylic oxidation sites excluding steroid dienone is 1. The number of rotatable bonds is 5. The van der Waals surface area contributed by atoms with Crippen LogP contribution in [0.3, 0.4) is 0 Å². The minimum atomic E-state index is 0.494. The number of carbonyl (C=O) groups is 1. The predicted molar refractivity (Wildman–Crippen MR) is 47.0 cm³/mol. The topological polar surface area (TPSA) is 34.9 Å². The van der Waals surface area contributed by atoms with Gasteiger partial charge in [0.2, 0.25) is 0 Å². The van der Waals surface area contributed by atoms with E-state index >= 15 is 0 Å². The van der Waals surface area contributed by atoms with E-state index in [1.807, 2.05) is 10.6 Å². The van der Waals surface area contributed by atoms with Crippen LogP contribution in [0.25, 0.3) is 0 Å². The zero-order valence-electron chi connectivity index (χ0n) is 6.94. The Labute approximate surface area is 71.7 Å². The molecule has 0 saturated carbocycles. The SMILES string of the molecule is C=CCCCn1cnc(C=O)c1. The summed E-state index contributed by atoms with van der Waals surface area (Å²) in [6, 6.07) is 0.